The number of aromatic nitrogens is 4. The molecule has 1 aromatic carbocycles. The van der Waals surface area contributed by atoms with Crippen molar-refractivity contribution < 1.29 is 19.0 Å². The number of piperidine rings is 1. The molecular weight excluding hydrogens is 541 g/mol. The van der Waals surface area contributed by atoms with Crippen LogP contribution in [0.25, 0.3) is 16.3 Å². The summed E-state index contributed by atoms with van der Waals surface area (Å²) in [5.74, 6) is -0.650. The van der Waals surface area contributed by atoms with Crippen molar-refractivity contribution in [2.24, 2.45) is 5.41 Å². The molecule has 4 heterocycles. The Hall–Kier alpha value is -3.63. The number of allylic oxidation sites excluding steroid dienone is 1. The van der Waals surface area contributed by atoms with E-state index in [0.29, 0.717) is 47.9 Å². The van der Waals surface area contributed by atoms with E-state index >= 15 is 0 Å². The molecule has 0 radical (unpaired) electrons. The summed E-state index contributed by atoms with van der Waals surface area (Å²) < 4.78 is 21.2. The van der Waals surface area contributed by atoms with Gasteiger partial charge < -0.3 is 14.7 Å². The highest BCUT2D eigenvalue weighted by atomic mass is 32.1. The number of nitrogens with zero attached hydrogens (tertiary/aromatic N) is 5. The number of carbonyl (C=O) groups is 1. The molecule has 41 heavy (non-hydrogen) atoms. The van der Waals surface area contributed by atoms with Gasteiger partial charge >= 0.3 is 5.97 Å². The van der Waals surface area contributed by atoms with Crippen LogP contribution >= 0.6 is 11.3 Å². The van der Waals surface area contributed by atoms with Crippen LogP contribution in [-0.4, -0.2) is 49.3 Å². The number of benzene rings is 1. The summed E-state index contributed by atoms with van der Waals surface area (Å²) in [6.07, 6.45) is 5.01. The Balaban J connectivity index is 1.59. The third-order valence-electron chi connectivity index (χ3n) is 7.52. The van der Waals surface area contributed by atoms with Gasteiger partial charge in [-0.25, -0.2) is 19.2 Å². The van der Waals surface area contributed by atoms with Crippen molar-refractivity contribution in [3.8, 4) is 10.7 Å². The minimum atomic E-state index is -1.22. The van der Waals surface area contributed by atoms with Gasteiger partial charge in [-0.15, -0.1) is 17.9 Å². The lowest BCUT2D eigenvalue weighted by Gasteiger charge is -2.40. The molecule has 0 saturated carbocycles. The number of carboxylic acid groups (broad SMARTS) is 1. The van der Waals surface area contributed by atoms with Crippen LogP contribution in [0, 0.1) is 18.2 Å². The fourth-order valence-corrected chi connectivity index (χ4v) is 6.06. The van der Waals surface area contributed by atoms with E-state index in [1.807, 2.05) is 46.0 Å². The summed E-state index contributed by atoms with van der Waals surface area (Å²) in [4.78, 5) is 25.2. The number of thiazole rings is 1. The largest absolute Gasteiger partial charge is 0.479 e. The molecule has 1 N–H and O–H groups in total. The number of carboxylic acids is 1. The van der Waals surface area contributed by atoms with Crippen LogP contribution in [0.1, 0.15) is 68.3 Å². The number of aryl methyl sites for hydroxylation is 1. The number of aliphatic carboxylic acids is 1. The minimum Gasteiger partial charge on any atom is -0.479 e. The van der Waals surface area contributed by atoms with Gasteiger partial charge in [-0.1, -0.05) is 25.1 Å². The number of hydrogen-bond acceptors (Lipinski definition) is 7. The standard InChI is InChI=1S/C31H36FN5O3S/c1-7-31(6)12-14-36(15-13-31)28-25(26(29(38)39)40-30(3,4)5)19(2)34-24-17-23(35-37(24)28)27-33-18-22(41-27)16-20-8-10-21(32)11-9-20/h7-11,17-18,26H,1,12-16H2,2-6H3,(H,38,39)/t26-/m0/s1. The fraction of sp³-hybridized carbons (Fsp3) is 0.419. The molecule has 0 unspecified atom stereocenters. The first-order valence-corrected chi connectivity index (χ1v) is 14.6. The lowest BCUT2D eigenvalue weighted by Crippen LogP contribution is -2.40. The lowest BCUT2D eigenvalue weighted by molar-refractivity contribution is -0.160. The second kappa shape index (κ2) is 11.0. The molecule has 0 amide bonds. The zero-order valence-corrected chi connectivity index (χ0v) is 25.0. The average Bonchev–Trinajstić information content (AvgIpc) is 3.55. The summed E-state index contributed by atoms with van der Waals surface area (Å²) in [6, 6.07) is 8.35. The van der Waals surface area contributed by atoms with Crippen LogP contribution in [0.15, 0.2) is 49.2 Å². The molecule has 216 valence electrons. The summed E-state index contributed by atoms with van der Waals surface area (Å²) in [6.45, 7) is 15.0. The van der Waals surface area contributed by atoms with E-state index in [0.717, 1.165) is 28.3 Å². The highest BCUT2D eigenvalue weighted by molar-refractivity contribution is 7.15. The number of halogens is 1. The number of hydrogen-bond donors (Lipinski definition) is 1. The third-order valence-corrected chi connectivity index (χ3v) is 8.54. The molecule has 3 aromatic heterocycles. The molecule has 0 spiro atoms. The van der Waals surface area contributed by atoms with Crippen molar-refractivity contribution in [1.82, 2.24) is 19.6 Å². The number of rotatable bonds is 8. The van der Waals surface area contributed by atoms with Crippen molar-refractivity contribution in [2.45, 2.75) is 65.6 Å². The normalized spacial score (nSPS) is 16.2. The molecule has 1 fully saturated rings. The van der Waals surface area contributed by atoms with E-state index in [9.17, 15) is 14.3 Å². The molecule has 4 aromatic rings. The predicted molar refractivity (Wildman–Crippen MR) is 159 cm³/mol. The number of ether oxygens (including phenoxy) is 1. The Morgan fingerprint density at radius 1 is 1.27 bits per heavy atom. The van der Waals surface area contributed by atoms with Gasteiger partial charge in [0.2, 0.25) is 0 Å². The first-order valence-electron chi connectivity index (χ1n) is 13.7. The van der Waals surface area contributed by atoms with Gasteiger partial charge in [-0.05, 0) is 63.6 Å². The van der Waals surface area contributed by atoms with Crippen molar-refractivity contribution in [2.75, 3.05) is 18.0 Å². The molecule has 1 aliphatic heterocycles. The van der Waals surface area contributed by atoms with E-state index in [4.69, 9.17) is 14.8 Å². The third kappa shape index (κ3) is 6.18. The van der Waals surface area contributed by atoms with Gasteiger partial charge in [-0.3, -0.25) is 0 Å². The van der Waals surface area contributed by atoms with Gasteiger partial charge in [-0.2, -0.15) is 9.61 Å². The first kappa shape index (κ1) is 28.9. The molecule has 5 rings (SSSR count). The van der Waals surface area contributed by atoms with Gasteiger partial charge in [0.15, 0.2) is 11.8 Å². The molecular formula is C31H36FN5O3S. The van der Waals surface area contributed by atoms with E-state index in [1.54, 1.807) is 16.6 Å². The van der Waals surface area contributed by atoms with Gasteiger partial charge in [0.25, 0.3) is 0 Å². The first-order chi connectivity index (χ1) is 19.4. The average molecular weight is 578 g/mol. The van der Waals surface area contributed by atoms with Crippen LogP contribution in [0.3, 0.4) is 0 Å². The topological polar surface area (TPSA) is 92.8 Å². The Bertz CT molecular complexity index is 1580. The summed E-state index contributed by atoms with van der Waals surface area (Å²) in [7, 11) is 0. The SMILES string of the molecule is C=CC1(C)CCN(c2c([C@H](OC(C)(C)C)C(=O)O)c(C)nc3cc(-c4ncc(Cc5ccc(F)cc5)s4)nn23)CC1. The highest BCUT2D eigenvalue weighted by Gasteiger charge is 2.36. The van der Waals surface area contributed by atoms with Crippen molar-refractivity contribution in [3.05, 3.63) is 76.7 Å². The van der Waals surface area contributed by atoms with E-state index in [-0.39, 0.29) is 11.2 Å². The van der Waals surface area contributed by atoms with E-state index in [1.165, 1.54) is 23.5 Å². The molecule has 0 bridgehead atoms. The Morgan fingerprint density at radius 3 is 2.56 bits per heavy atom. The summed E-state index contributed by atoms with van der Waals surface area (Å²) >= 11 is 1.52. The second-order valence-corrected chi connectivity index (χ2v) is 13.1. The number of fused-ring (bicyclic) bond motifs is 1. The van der Waals surface area contributed by atoms with Crippen LogP contribution in [-0.2, 0) is 16.0 Å². The van der Waals surface area contributed by atoms with Gasteiger partial charge in [0.1, 0.15) is 22.3 Å². The molecule has 1 saturated heterocycles. The predicted octanol–water partition coefficient (Wildman–Crippen LogP) is 6.62. The van der Waals surface area contributed by atoms with Crippen LogP contribution < -0.4 is 4.90 Å². The second-order valence-electron chi connectivity index (χ2n) is 12.0. The Labute approximate surface area is 243 Å². The van der Waals surface area contributed by atoms with E-state index < -0.39 is 17.7 Å². The maximum Gasteiger partial charge on any atom is 0.337 e. The molecule has 8 nitrogen and oxygen atoms in total. The lowest BCUT2D eigenvalue weighted by atomic mass is 9.80. The van der Waals surface area contributed by atoms with Crippen molar-refractivity contribution in [3.63, 3.8) is 0 Å². The number of anilines is 1. The molecule has 1 atom stereocenters. The highest BCUT2D eigenvalue weighted by Crippen LogP contribution is 2.40. The van der Waals surface area contributed by atoms with Crippen LogP contribution in [0.5, 0.6) is 0 Å². The van der Waals surface area contributed by atoms with Gasteiger partial charge in [0, 0.05) is 42.3 Å². The Morgan fingerprint density at radius 2 is 1.95 bits per heavy atom. The van der Waals surface area contributed by atoms with Crippen molar-refractivity contribution >= 4 is 28.8 Å². The van der Waals surface area contributed by atoms with Gasteiger partial charge in [0.05, 0.1) is 11.2 Å². The van der Waals surface area contributed by atoms with E-state index in [2.05, 4.69) is 23.4 Å². The van der Waals surface area contributed by atoms with Crippen LogP contribution in [0.4, 0.5) is 10.2 Å². The van der Waals surface area contributed by atoms with Crippen LogP contribution in [0.2, 0.25) is 0 Å². The minimum absolute atomic E-state index is 0.0169. The zero-order chi connectivity index (χ0) is 29.5. The summed E-state index contributed by atoms with van der Waals surface area (Å²) in [5, 5.41) is 16.0. The molecule has 1 aliphatic rings. The quantitative estimate of drug-likeness (QED) is 0.235. The fourth-order valence-electron chi connectivity index (χ4n) is 5.16. The maximum absolute atomic E-state index is 13.3. The summed E-state index contributed by atoms with van der Waals surface area (Å²) in [5.41, 5.74) is 2.68. The molecule has 0 aliphatic carbocycles. The smallest absolute Gasteiger partial charge is 0.337 e. The Kier molecular flexibility index (Phi) is 7.74. The zero-order valence-electron chi connectivity index (χ0n) is 24.1. The molecule has 10 heteroatoms. The monoisotopic (exact) mass is 577 g/mol. The maximum atomic E-state index is 13.3. The van der Waals surface area contributed by atoms with Crippen molar-refractivity contribution in [1.29, 1.82) is 0 Å².